The Labute approximate surface area is 89.8 Å². The zero-order valence-corrected chi connectivity index (χ0v) is 9.45. The lowest BCUT2D eigenvalue weighted by molar-refractivity contribution is -0.146. The van der Waals surface area contributed by atoms with Gasteiger partial charge in [-0.25, -0.2) is 0 Å². The van der Waals surface area contributed by atoms with Crippen LogP contribution in [0.4, 0.5) is 0 Å². The van der Waals surface area contributed by atoms with Gasteiger partial charge >= 0.3 is 0 Å². The first-order valence-corrected chi connectivity index (χ1v) is 5.14. The van der Waals surface area contributed by atoms with Crippen molar-refractivity contribution in [2.45, 2.75) is 20.0 Å². The molecule has 1 heterocycles. The minimum atomic E-state index is -0.0876. The zero-order valence-electron chi connectivity index (χ0n) is 9.45. The SMILES string of the molecule is CC(C)C(=O)NCC1CN(C)C(=O)CO1. The van der Waals surface area contributed by atoms with Crippen molar-refractivity contribution in [1.29, 1.82) is 0 Å². The maximum absolute atomic E-state index is 11.3. The summed E-state index contributed by atoms with van der Waals surface area (Å²) >= 11 is 0. The van der Waals surface area contributed by atoms with Crippen LogP contribution in [0.15, 0.2) is 0 Å². The summed E-state index contributed by atoms with van der Waals surface area (Å²) in [7, 11) is 1.74. The highest BCUT2D eigenvalue weighted by atomic mass is 16.5. The fourth-order valence-corrected chi connectivity index (χ4v) is 1.30. The van der Waals surface area contributed by atoms with E-state index in [0.717, 1.165) is 0 Å². The van der Waals surface area contributed by atoms with Crippen molar-refractivity contribution in [3.63, 3.8) is 0 Å². The van der Waals surface area contributed by atoms with Crippen LogP contribution in [0, 0.1) is 5.92 Å². The van der Waals surface area contributed by atoms with Crippen molar-refractivity contribution >= 4 is 11.8 Å². The van der Waals surface area contributed by atoms with Crippen LogP contribution >= 0.6 is 0 Å². The number of likely N-dealkylation sites (N-methyl/N-ethyl adjacent to an activating group) is 1. The Morgan fingerprint density at radius 1 is 1.67 bits per heavy atom. The van der Waals surface area contributed by atoms with Crippen molar-refractivity contribution < 1.29 is 14.3 Å². The van der Waals surface area contributed by atoms with Crippen LogP contribution in [-0.4, -0.2) is 49.6 Å². The van der Waals surface area contributed by atoms with Crippen LogP contribution in [0.1, 0.15) is 13.8 Å². The molecule has 1 saturated heterocycles. The van der Waals surface area contributed by atoms with Gasteiger partial charge in [-0.05, 0) is 0 Å². The zero-order chi connectivity index (χ0) is 11.4. The van der Waals surface area contributed by atoms with Gasteiger partial charge in [0.2, 0.25) is 11.8 Å². The Morgan fingerprint density at radius 2 is 2.33 bits per heavy atom. The summed E-state index contributed by atoms with van der Waals surface area (Å²) in [4.78, 5) is 24.0. The van der Waals surface area contributed by atoms with Gasteiger partial charge in [0, 0.05) is 26.1 Å². The molecule has 15 heavy (non-hydrogen) atoms. The standard InChI is InChI=1S/C10H18N2O3/c1-7(2)10(14)11-4-8-5-12(3)9(13)6-15-8/h7-8H,4-6H2,1-3H3,(H,11,14). The Kier molecular flexibility index (Phi) is 4.08. The molecule has 0 spiro atoms. The van der Waals surface area contributed by atoms with Gasteiger partial charge in [-0.2, -0.15) is 0 Å². The molecule has 0 aliphatic carbocycles. The lowest BCUT2D eigenvalue weighted by atomic mass is 10.2. The third kappa shape index (κ3) is 3.51. The lowest BCUT2D eigenvalue weighted by Crippen LogP contribution is -2.49. The van der Waals surface area contributed by atoms with Crippen molar-refractivity contribution in [1.82, 2.24) is 10.2 Å². The molecular weight excluding hydrogens is 196 g/mol. The quantitative estimate of drug-likeness (QED) is 0.696. The molecule has 0 saturated carbocycles. The van der Waals surface area contributed by atoms with E-state index in [2.05, 4.69) is 5.32 Å². The van der Waals surface area contributed by atoms with Crippen LogP contribution in [0.2, 0.25) is 0 Å². The average molecular weight is 214 g/mol. The maximum atomic E-state index is 11.3. The van der Waals surface area contributed by atoms with Crippen LogP contribution in [0.25, 0.3) is 0 Å². The number of carbonyl (C=O) groups excluding carboxylic acids is 2. The summed E-state index contributed by atoms with van der Waals surface area (Å²) < 4.78 is 5.28. The molecule has 5 nitrogen and oxygen atoms in total. The summed E-state index contributed by atoms with van der Waals surface area (Å²) in [6, 6.07) is 0. The van der Waals surface area contributed by atoms with Crippen LogP contribution in [0.3, 0.4) is 0 Å². The smallest absolute Gasteiger partial charge is 0.248 e. The Bertz CT molecular complexity index is 253. The molecule has 1 aliphatic rings. The number of nitrogens with zero attached hydrogens (tertiary/aromatic N) is 1. The normalized spacial score (nSPS) is 22.0. The van der Waals surface area contributed by atoms with E-state index in [0.29, 0.717) is 13.1 Å². The molecule has 86 valence electrons. The molecule has 0 aromatic carbocycles. The first kappa shape index (κ1) is 12.0. The van der Waals surface area contributed by atoms with Crippen molar-refractivity contribution in [2.75, 3.05) is 26.7 Å². The minimum Gasteiger partial charge on any atom is -0.365 e. The summed E-state index contributed by atoms with van der Waals surface area (Å²) in [5.41, 5.74) is 0. The van der Waals surface area contributed by atoms with Gasteiger partial charge in [0.15, 0.2) is 0 Å². The molecule has 1 rings (SSSR count). The molecule has 1 fully saturated rings. The third-order valence-electron chi connectivity index (χ3n) is 2.37. The van der Waals surface area contributed by atoms with E-state index < -0.39 is 0 Å². The molecule has 0 aromatic rings. The van der Waals surface area contributed by atoms with Gasteiger partial charge in [0.1, 0.15) is 6.61 Å². The summed E-state index contributed by atoms with van der Waals surface area (Å²) in [5, 5.41) is 2.79. The number of ether oxygens (including phenoxy) is 1. The van der Waals surface area contributed by atoms with E-state index in [1.807, 2.05) is 13.8 Å². The number of carbonyl (C=O) groups is 2. The number of hydrogen-bond acceptors (Lipinski definition) is 3. The van der Waals surface area contributed by atoms with Crippen molar-refractivity contribution in [3.8, 4) is 0 Å². The van der Waals surface area contributed by atoms with E-state index in [-0.39, 0.29) is 30.4 Å². The van der Waals surface area contributed by atoms with E-state index >= 15 is 0 Å². The van der Waals surface area contributed by atoms with Gasteiger partial charge in [0.05, 0.1) is 6.10 Å². The van der Waals surface area contributed by atoms with Gasteiger partial charge in [-0.15, -0.1) is 0 Å². The average Bonchev–Trinajstić information content (AvgIpc) is 2.19. The van der Waals surface area contributed by atoms with E-state index in [4.69, 9.17) is 4.74 Å². The van der Waals surface area contributed by atoms with Crippen LogP contribution in [-0.2, 0) is 14.3 Å². The van der Waals surface area contributed by atoms with Gasteiger partial charge in [-0.3, -0.25) is 9.59 Å². The van der Waals surface area contributed by atoms with E-state index in [1.54, 1.807) is 11.9 Å². The second-order valence-corrected chi connectivity index (χ2v) is 4.11. The fourth-order valence-electron chi connectivity index (χ4n) is 1.30. The van der Waals surface area contributed by atoms with Crippen LogP contribution in [0.5, 0.6) is 0 Å². The monoisotopic (exact) mass is 214 g/mol. The number of rotatable bonds is 3. The van der Waals surface area contributed by atoms with E-state index in [9.17, 15) is 9.59 Å². The molecule has 5 heteroatoms. The topological polar surface area (TPSA) is 58.6 Å². The first-order valence-electron chi connectivity index (χ1n) is 5.14. The van der Waals surface area contributed by atoms with Crippen molar-refractivity contribution in [3.05, 3.63) is 0 Å². The highest BCUT2D eigenvalue weighted by Crippen LogP contribution is 2.03. The summed E-state index contributed by atoms with van der Waals surface area (Å²) in [5.74, 6) is -0.0208. The third-order valence-corrected chi connectivity index (χ3v) is 2.37. The molecule has 1 N–H and O–H groups in total. The highest BCUT2D eigenvalue weighted by Gasteiger charge is 2.23. The summed E-state index contributed by atoms with van der Waals surface area (Å²) in [6.07, 6.45) is -0.0876. The molecule has 2 amide bonds. The minimum absolute atomic E-state index is 0.0122. The number of hydrogen-bond donors (Lipinski definition) is 1. The Balaban J connectivity index is 2.28. The maximum Gasteiger partial charge on any atom is 0.248 e. The van der Waals surface area contributed by atoms with Crippen molar-refractivity contribution in [2.24, 2.45) is 5.92 Å². The predicted molar refractivity (Wildman–Crippen MR) is 55.2 cm³/mol. The second kappa shape index (κ2) is 5.11. The van der Waals surface area contributed by atoms with E-state index in [1.165, 1.54) is 0 Å². The second-order valence-electron chi connectivity index (χ2n) is 4.11. The molecule has 0 radical (unpaired) electrons. The number of nitrogens with one attached hydrogen (secondary N) is 1. The van der Waals surface area contributed by atoms with Gasteiger partial charge in [0.25, 0.3) is 0 Å². The number of amides is 2. The molecule has 1 unspecified atom stereocenters. The Morgan fingerprint density at radius 3 is 2.87 bits per heavy atom. The molecular formula is C10H18N2O3. The summed E-state index contributed by atoms with van der Waals surface area (Å²) in [6.45, 7) is 4.80. The molecule has 0 bridgehead atoms. The van der Waals surface area contributed by atoms with Gasteiger partial charge < -0.3 is 15.0 Å². The predicted octanol–water partition coefficient (Wildman–Crippen LogP) is -0.384. The lowest BCUT2D eigenvalue weighted by Gasteiger charge is -2.30. The molecule has 1 aliphatic heterocycles. The Hall–Kier alpha value is -1.10. The highest BCUT2D eigenvalue weighted by molar-refractivity contribution is 5.78. The molecule has 1 atom stereocenters. The molecule has 0 aromatic heterocycles. The first-order chi connectivity index (χ1) is 7.00. The van der Waals surface area contributed by atoms with Gasteiger partial charge in [-0.1, -0.05) is 13.8 Å². The fraction of sp³-hybridized carbons (Fsp3) is 0.800. The van der Waals surface area contributed by atoms with Crippen LogP contribution < -0.4 is 5.32 Å². The largest absolute Gasteiger partial charge is 0.365 e. The number of morpholine rings is 1.